The van der Waals surface area contributed by atoms with Gasteiger partial charge in [0.15, 0.2) is 0 Å². The zero-order valence-electron chi connectivity index (χ0n) is 30.2. The Kier molecular flexibility index (Phi) is 21.3. The molecule has 4 rings (SSSR count). The highest BCUT2D eigenvalue weighted by Crippen LogP contribution is 2.23. The van der Waals surface area contributed by atoms with Crippen LogP contribution < -0.4 is 4.74 Å². The third kappa shape index (κ3) is 15.1. The van der Waals surface area contributed by atoms with Crippen LogP contribution in [0.4, 0.5) is 0 Å². The van der Waals surface area contributed by atoms with Crippen molar-refractivity contribution < 1.29 is 9.53 Å². The largest absolute Gasteiger partial charge is 0.496 e. The molecule has 0 atom stereocenters. The maximum Gasteiger partial charge on any atom is 0.121 e. The predicted octanol–water partition coefficient (Wildman–Crippen LogP) is 11.4. The molecule has 254 valence electrons. The Morgan fingerprint density at radius 1 is 0.894 bits per heavy atom. The highest BCUT2D eigenvalue weighted by molar-refractivity contribution is 8.05. The number of ether oxygens (including phenoxy) is 1. The van der Waals surface area contributed by atoms with Gasteiger partial charge in [-0.1, -0.05) is 81.5 Å². The number of carbonyl (C=O) groups is 1. The Bertz CT molecular complexity index is 1530. The zero-order valence-corrected chi connectivity index (χ0v) is 31.0. The van der Waals surface area contributed by atoms with Crippen LogP contribution in [0.3, 0.4) is 0 Å². The van der Waals surface area contributed by atoms with E-state index in [1.54, 1.807) is 18.9 Å². The number of aromatic nitrogens is 2. The predicted molar refractivity (Wildman–Crippen MR) is 208 cm³/mol. The van der Waals surface area contributed by atoms with Crippen LogP contribution in [-0.2, 0) is 11.3 Å². The number of aromatic amines is 1. The second kappa shape index (κ2) is 24.3. The lowest BCUT2D eigenvalue weighted by atomic mass is 10.1. The highest BCUT2D eigenvalue weighted by atomic mass is 32.2. The molecule has 3 aromatic carbocycles. The van der Waals surface area contributed by atoms with Crippen molar-refractivity contribution in [3.05, 3.63) is 117 Å². The van der Waals surface area contributed by atoms with E-state index in [0.717, 1.165) is 43.0 Å². The number of carbonyl (C=O) groups excluding carboxylic acids is 1. The second-order valence-corrected chi connectivity index (χ2v) is 12.1. The molecule has 0 spiro atoms. The van der Waals surface area contributed by atoms with E-state index in [1.807, 2.05) is 44.9 Å². The molecule has 0 unspecified atom stereocenters. The molecule has 4 aromatic rings. The van der Waals surface area contributed by atoms with E-state index in [9.17, 15) is 0 Å². The van der Waals surface area contributed by atoms with E-state index in [2.05, 4.69) is 123 Å². The van der Waals surface area contributed by atoms with E-state index in [0.29, 0.717) is 0 Å². The number of nitrogens with one attached hydrogen (secondary N) is 1. The van der Waals surface area contributed by atoms with E-state index in [-0.39, 0.29) is 0 Å². The maximum absolute atomic E-state index is 8.00. The molecular weight excluding hydrogens is 599 g/mol. The molecule has 0 saturated carbocycles. The standard InChI is InChI=1S/C24H31N3.C8H10O.C8H14S.CH2O/c1-5-12-27(13-6-2)17-21-9-7-8-20(16-21)10-11-23-22-14-18(3)19(4)15-24(22)26-25-23;1-7-5-3-4-6-8(7)9-2;1-4-7-9-8(5-2)6-3;1-2/h7-11,14-16H,5-6,12-13,17H2,1-4H3,(H,25,26);3-6H,1-2H3;4-5,7H,6H2,1-3H3;1H2/b11-10+;;7-4-,8-5-;. The van der Waals surface area contributed by atoms with Crippen molar-refractivity contribution in [2.24, 2.45) is 0 Å². The summed E-state index contributed by atoms with van der Waals surface area (Å²) in [5.41, 5.74) is 8.46. The summed E-state index contributed by atoms with van der Waals surface area (Å²) in [6.07, 6.45) is 12.0. The monoisotopic (exact) mass is 655 g/mol. The molecule has 1 N–H and O–H groups in total. The van der Waals surface area contributed by atoms with Crippen molar-refractivity contribution in [1.29, 1.82) is 0 Å². The lowest BCUT2D eigenvalue weighted by Gasteiger charge is -2.21. The first-order chi connectivity index (χ1) is 22.8. The summed E-state index contributed by atoms with van der Waals surface area (Å²) in [4.78, 5) is 12.0. The molecule has 0 fully saturated rings. The average molecular weight is 656 g/mol. The number of H-pyrrole nitrogens is 1. The van der Waals surface area contributed by atoms with Crippen molar-refractivity contribution >= 4 is 41.6 Å². The van der Waals surface area contributed by atoms with Gasteiger partial charge >= 0.3 is 0 Å². The normalized spacial score (nSPS) is 11.1. The van der Waals surface area contributed by atoms with Crippen LogP contribution in [0.25, 0.3) is 23.1 Å². The SMILES string of the molecule is C/C=C\S/C(=C\C)CC.C=O.CCCN(CCC)Cc1cccc(/C=C/c2n[nH]c3cc(C)c(C)cc23)c1.COc1ccccc1C. The number of thioether (sulfide) groups is 1. The summed E-state index contributed by atoms with van der Waals surface area (Å²) in [6.45, 7) is 22.4. The molecule has 47 heavy (non-hydrogen) atoms. The van der Waals surface area contributed by atoms with Gasteiger partial charge in [-0.05, 0) is 129 Å². The number of hydrogen-bond donors (Lipinski definition) is 1. The molecule has 0 aliphatic rings. The zero-order chi connectivity index (χ0) is 35.0. The maximum atomic E-state index is 8.00. The lowest BCUT2D eigenvalue weighted by molar-refractivity contribution is -0.0980. The number of hydrogen-bond acceptors (Lipinski definition) is 5. The van der Waals surface area contributed by atoms with Crippen LogP contribution in [0, 0.1) is 20.8 Å². The lowest BCUT2D eigenvalue weighted by Crippen LogP contribution is -2.24. The smallest absolute Gasteiger partial charge is 0.121 e. The third-order valence-electron chi connectivity index (χ3n) is 7.42. The van der Waals surface area contributed by atoms with E-state index in [1.165, 1.54) is 51.0 Å². The minimum atomic E-state index is 0.956. The van der Waals surface area contributed by atoms with Gasteiger partial charge < -0.3 is 9.53 Å². The van der Waals surface area contributed by atoms with Gasteiger partial charge in [0.1, 0.15) is 12.5 Å². The number of fused-ring (bicyclic) bond motifs is 1. The van der Waals surface area contributed by atoms with Crippen LogP contribution in [0.15, 0.2) is 83.1 Å². The summed E-state index contributed by atoms with van der Waals surface area (Å²) in [7, 11) is 1.68. The summed E-state index contributed by atoms with van der Waals surface area (Å²) < 4.78 is 5.04. The molecule has 1 aromatic heterocycles. The Morgan fingerprint density at radius 3 is 2.15 bits per heavy atom. The molecule has 0 aliphatic heterocycles. The van der Waals surface area contributed by atoms with Gasteiger partial charge in [0.05, 0.1) is 18.3 Å². The topological polar surface area (TPSA) is 58.2 Å². The van der Waals surface area contributed by atoms with Crippen molar-refractivity contribution in [1.82, 2.24) is 15.1 Å². The van der Waals surface area contributed by atoms with Gasteiger partial charge in [-0.15, -0.1) is 11.8 Å². The quantitative estimate of drug-likeness (QED) is 0.165. The second-order valence-electron chi connectivity index (χ2n) is 11.1. The number of allylic oxidation sites excluding steroid dienone is 3. The van der Waals surface area contributed by atoms with E-state index >= 15 is 0 Å². The number of nitrogens with zero attached hydrogens (tertiary/aromatic N) is 2. The fourth-order valence-corrected chi connectivity index (χ4v) is 5.47. The first kappa shape index (κ1) is 41.2. The van der Waals surface area contributed by atoms with Crippen molar-refractivity contribution in [2.45, 2.75) is 81.2 Å². The van der Waals surface area contributed by atoms with Gasteiger partial charge in [0.25, 0.3) is 0 Å². The molecule has 0 amide bonds. The van der Waals surface area contributed by atoms with Gasteiger partial charge in [-0.2, -0.15) is 5.10 Å². The summed E-state index contributed by atoms with van der Waals surface area (Å²) >= 11 is 1.80. The molecule has 1 heterocycles. The van der Waals surface area contributed by atoms with Gasteiger partial charge in [-0.3, -0.25) is 10.00 Å². The Morgan fingerprint density at radius 2 is 1.57 bits per heavy atom. The molecular formula is C41H57N3O2S. The van der Waals surface area contributed by atoms with Crippen LogP contribution in [-0.4, -0.2) is 42.1 Å². The fourth-order valence-electron chi connectivity index (χ4n) is 4.86. The van der Waals surface area contributed by atoms with E-state index < -0.39 is 0 Å². The number of benzene rings is 3. The van der Waals surface area contributed by atoms with Gasteiger partial charge in [-0.25, -0.2) is 0 Å². The number of rotatable bonds is 12. The molecule has 0 bridgehead atoms. The van der Waals surface area contributed by atoms with Gasteiger partial charge in [0, 0.05) is 11.9 Å². The summed E-state index contributed by atoms with van der Waals surface area (Å²) in [5.74, 6) is 0.956. The van der Waals surface area contributed by atoms with E-state index in [4.69, 9.17) is 9.53 Å². The van der Waals surface area contributed by atoms with Crippen molar-refractivity contribution in [3.8, 4) is 5.75 Å². The van der Waals surface area contributed by atoms with Crippen molar-refractivity contribution in [3.63, 3.8) is 0 Å². The number of para-hydroxylation sites is 1. The summed E-state index contributed by atoms with van der Waals surface area (Å²) in [6, 6.07) is 21.2. The molecule has 5 nitrogen and oxygen atoms in total. The van der Waals surface area contributed by atoms with Crippen LogP contribution in [0.5, 0.6) is 5.75 Å². The van der Waals surface area contributed by atoms with Crippen molar-refractivity contribution in [2.75, 3.05) is 20.2 Å². The Hall–Kier alpha value is -3.87. The molecule has 0 radical (unpaired) electrons. The Balaban J connectivity index is 0.000000451. The highest BCUT2D eigenvalue weighted by Gasteiger charge is 2.06. The average Bonchev–Trinajstić information content (AvgIpc) is 3.47. The minimum Gasteiger partial charge on any atom is -0.496 e. The van der Waals surface area contributed by atoms with Crippen LogP contribution in [0.1, 0.15) is 87.4 Å². The first-order valence-corrected chi connectivity index (χ1v) is 17.4. The summed E-state index contributed by atoms with van der Waals surface area (Å²) in [5, 5.41) is 10.9. The molecule has 0 aliphatic carbocycles. The fraction of sp³-hybridized carbons (Fsp3) is 0.366. The molecule has 6 heteroatoms. The van der Waals surface area contributed by atoms with Gasteiger partial charge in [0.2, 0.25) is 0 Å². The molecule has 0 saturated heterocycles. The number of aryl methyl sites for hydroxylation is 3. The number of methoxy groups -OCH3 is 1. The Labute approximate surface area is 289 Å². The minimum absolute atomic E-state index is 0.956. The third-order valence-corrected chi connectivity index (χ3v) is 8.65. The van der Waals surface area contributed by atoms with Crippen LogP contribution >= 0.6 is 11.8 Å². The van der Waals surface area contributed by atoms with Crippen LogP contribution in [0.2, 0.25) is 0 Å². The first-order valence-electron chi connectivity index (χ1n) is 16.6.